The Bertz CT molecular complexity index is 959. The lowest BCUT2D eigenvalue weighted by molar-refractivity contribution is 0.102. The molecule has 0 unspecified atom stereocenters. The number of hydrogen-bond acceptors (Lipinski definition) is 3. The van der Waals surface area contributed by atoms with Gasteiger partial charge >= 0.3 is 0 Å². The molecule has 0 bridgehead atoms. The molecule has 4 heteroatoms. The lowest BCUT2D eigenvalue weighted by Gasteiger charge is -2.13. The number of amides is 1. The van der Waals surface area contributed by atoms with Crippen LogP contribution in [0.1, 0.15) is 47.2 Å². The van der Waals surface area contributed by atoms with Gasteiger partial charge in [-0.25, -0.2) is 0 Å². The number of rotatable bonds is 7. The topological polar surface area (TPSA) is 38.3 Å². The molecular formula is C26H27NO2S. The summed E-state index contributed by atoms with van der Waals surface area (Å²) in [6.07, 6.45) is 5.12. The van der Waals surface area contributed by atoms with E-state index in [1.165, 1.54) is 28.9 Å². The number of nitrogens with one attached hydrogen (secondary N) is 1. The number of benzene rings is 3. The average molecular weight is 418 g/mol. The van der Waals surface area contributed by atoms with E-state index in [0.29, 0.717) is 11.7 Å². The van der Waals surface area contributed by atoms with Crippen LogP contribution >= 0.6 is 11.8 Å². The third-order valence-electron chi connectivity index (χ3n) is 5.36. The monoisotopic (exact) mass is 417 g/mol. The lowest BCUT2D eigenvalue weighted by atomic mass is 10.1. The Hall–Kier alpha value is -2.72. The summed E-state index contributed by atoms with van der Waals surface area (Å²) in [5.74, 6) is 1.65. The molecular weight excluding hydrogens is 390 g/mol. The van der Waals surface area contributed by atoms with Crippen molar-refractivity contribution in [3.63, 3.8) is 0 Å². The van der Waals surface area contributed by atoms with Gasteiger partial charge in [-0.3, -0.25) is 4.79 Å². The highest BCUT2D eigenvalue weighted by atomic mass is 32.2. The SMILES string of the molecule is Cc1ccc(SCc2ccc(C(=O)Nc3ccc(OC4CCCC4)cc3)cc2)cc1. The highest BCUT2D eigenvalue weighted by Gasteiger charge is 2.16. The third kappa shape index (κ3) is 5.67. The molecule has 0 aliphatic heterocycles. The largest absolute Gasteiger partial charge is 0.490 e. The average Bonchev–Trinajstić information content (AvgIpc) is 3.28. The molecule has 3 nitrogen and oxygen atoms in total. The Kier molecular flexibility index (Phi) is 6.75. The Labute approximate surface area is 182 Å². The second kappa shape index (κ2) is 9.86. The van der Waals surface area contributed by atoms with Crippen LogP contribution in [0.4, 0.5) is 5.69 Å². The molecule has 30 heavy (non-hydrogen) atoms. The van der Waals surface area contributed by atoms with Crippen LogP contribution in [0.5, 0.6) is 5.75 Å². The Morgan fingerprint density at radius 3 is 2.27 bits per heavy atom. The smallest absolute Gasteiger partial charge is 0.255 e. The van der Waals surface area contributed by atoms with Crippen molar-refractivity contribution in [2.45, 2.75) is 49.4 Å². The summed E-state index contributed by atoms with van der Waals surface area (Å²) in [6, 6.07) is 24.0. The Morgan fingerprint density at radius 1 is 0.933 bits per heavy atom. The van der Waals surface area contributed by atoms with Crippen LogP contribution in [-0.4, -0.2) is 12.0 Å². The molecule has 0 aromatic heterocycles. The van der Waals surface area contributed by atoms with Crippen LogP contribution in [0.2, 0.25) is 0 Å². The second-order valence-corrected chi connectivity index (χ2v) is 8.85. The summed E-state index contributed by atoms with van der Waals surface area (Å²) >= 11 is 1.80. The highest BCUT2D eigenvalue weighted by molar-refractivity contribution is 7.98. The Balaban J connectivity index is 1.29. The molecule has 0 spiro atoms. The maximum absolute atomic E-state index is 12.6. The summed E-state index contributed by atoms with van der Waals surface area (Å²) in [6.45, 7) is 2.09. The minimum atomic E-state index is -0.0998. The van der Waals surface area contributed by atoms with Gasteiger partial charge < -0.3 is 10.1 Å². The van der Waals surface area contributed by atoms with Gasteiger partial charge in [0.15, 0.2) is 0 Å². The fourth-order valence-corrected chi connectivity index (χ4v) is 4.43. The maximum Gasteiger partial charge on any atom is 0.255 e. The zero-order chi connectivity index (χ0) is 20.8. The molecule has 154 valence electrons. The summed E-state index contributed by atoms with van der Waals surface area (Å²) in [5, 5.41) is 2.96. The molecule has 0 radical (unpaired) electrons. The van der Waals surface area contributed by atoms with E-state index in [9.17, 15) is 4.79 Å². The standard InChI is InChI=1S/C26H27NO2S/c1-19-6-16-25(17-7-19)30-18-20-8-10-21(11-9-20)26(28)27-22-12-14-24(15-13-22)29-23-4-2-3-5-23/h6-17,23H,2-5,18H2,1H3,(H,27,28). The first-order chi connectivity index (χ1) is 14.7. The van der Waals surface area contributed by atoms with Crippen LogP contribution in [-0.2, 0) is 5.75 Å². The van der Waals surface area contributed by atoms with E-state index in [4.69, 9.17) is 4.74 Å². The van der Waals surface area contributed by atoms with Crippen molar-refractivity contribution in [3.05, 3.63) is 89.5 Å². The molecule has 1 amide bonds. The van der Waals surface area contributed by atoms with Crippen molar-refractivity contribution in [3.8, 4) is 5.75 Å². The molecule has 1 saturated carbocycles. The van der Waals surface area contributed by atoms with E-state index in [-0.39, 0.29) is 5.91 Å². The van der Waals surface area contributed by atoms with Crippen molar-refractivity contribution in [1.29, 1.82) is 0 Å². The first kappa shape index (κ1) is 20.5. The van der Waals surface area contributed by atoms with Crippen LogP contribution in [0.3, 0.4) is 0 Å². The van der Waals surface area contributed by atoms with Crippen LogP contribution in [0, 0.1) is 6.92 Å². The zero-order valence-corrected chi connectivity index (χ0v) is 18.1. The van der Waals surface area contributed by atoms with Gasteiger partial charge in [-0.1, -0.05) is 29.8 Å². The predicted molar refractivity (Wildman–Crippen MR) is 124 cm³/mol. The molecule has 1 N–H and O–H groups in total. The van der Waals surface area contributed by atoms with E-state index in [2.05, 4.69) is 36.5 Å². The van der Waals surface area contributed by atoms with Crippen LogP contribution in [0.15, 0.2) is 77.7 Å². The zero-order valence-electron chi connectivity index (χ0n) is 17.3. The number of hydrogen-bond donors (Lipinski definition) is 1. The van der Waals surface area contributed by atoms with Crippen molar-refractivity contribution in [1.82, 2.24) is 0 Å². The van der Waals surface area contributed by atoms with E-state index >= 15 is 0 Å². The van der Waals surface area contributed by atoms with Crippen LogP contribution in [0.25, 0.3) is 0 Å². The number of carbonyl (C=O) groups excluding carboxylic acids is 1. The number of aryl methyl sites for hydroxylation is 1. The molecule has 1 fully saturated rings. The van der Waals surface area contributed by atoms with Gasteiger partial charge in [0.2, 0.25) is 0 Å². The van der Waals surface area contributed by atoms with E-state index < -0.39 is 0 Å². The molecule has 3 aromatic rings. The first-order valence-corrected chi connectivity index (χ1v) is 11.5. The second-order valence-electron chi connectivity index (χ2n) is 7.80. The summed E-state index contributed by atoms with van der Waals surface area (Å²) in [7, 11) is 0. The summed E-state index contributed by atoms with van der Waals surface area (Å²) < 4.78 is 5.98. The predicted octanol–water partition coefficient (Wildman–Crippen LogP) is 6.86. The number of ether oxygens (including phenoxy) is 1. The quantitative estimate of drug-likeness (QED) is 0.427. The number of thioether (sulfide) groups is 1. The molecule has 1 aliphatic carbocycles. The van der Waals surface area contributed by atoms with Gasteiger partial charge in [-0.15, -0.1) is 11.8 Å². The fourth-order valence-electron chi connectivity index (χ4n) is 3.57. The van der Waals surface area contributed by atoms with Crippen molar-refractivity contribution in [2.75, 3.05) is 5.32 Å². The van der Waals surface area contributed by atoms with Gasteiger partial charge in [0.25, 0.3) is 5.91 Å². The molecule has 1 aliphatic rings. The van der Waals surface area contributed by atoms with Crippen LogP contribution < -0.4 is 10.1 Å². The van der Waals surface area contributed by atoms with E-state index in [1.807, 2.05) is 48.5 Å². The van der Waals surface area contributed by atoms with Crippen molar-refractivity contribution < 1.29 is 9.53 Å². The Morgan fingerprint density at radius 2 is 1.60 bits per heavy atom. The van der Waals surface area contributed by atoms with E-state index in [1.54, 1.807) is 11.8 Å². The molecule has 0 heterocycles. The van der Waals surface area contributed by atoms with Gasteiger partial charge in [0.1, 0.15) is 5.75 Å². The minimum Gasteiger partial charge on any atom is -0.490 e. The lowest BCUT2D eigenvalue weighted by Crippen LogP contribution is -2.12. The highest BCUT2D eigenvalue weighted by Crippen LogP contribution is 2.26. The molecule has 4 rings (SSSR count). The molecule has 3 aromatic carbocycles. The van der Waals surface area contributed by atoms with E-state index in [0.717, 1.165) is 30.0 Å². The third-order valence-corrected chi connectivity index (χ3v) is 6.44. The number of anilines is 1. The summed E-state index contributed by atoms with van der Waals surface area (Å²) in [5.41, 5.74) is 3.90. The normalized spacial score (nSPS) is 13.9. The minimum absolute atomic E-state index is 0.0998. The van der Waals surface area contributed by atoms with Gasteiger partial charge in [0, 0.05) is 21.9 Å². The fraction of sp³-hybridized carbons (Fsp3) is 0.269. The number of carbonyl (C=O) groups is 1. The van der Waals surface area contributed by atoms with Crippen molar-refractivity contribution in [2.24, 2.45) is 0 Å². The van der Waals surface area contributed by atoms with Crippen molar-refractivity contribution >= 4 is 23.4 Å². The van der Waals surface area contributed by atoms with Gasteiger partial charge in [-0.05, 0) is 86.7 Å². The first-order valence-electron chi connectivity index (χ1n) is 10.5. The van der Waals surface area contributed by atoms with Gasteiger partial charge in [0.05, 0.1) is 6.10 Å². The molecule has 0 atom stereocenters. The van der Waals surface area contributed by atoms with Gasteiger partial charge in [-0.2, -0.15) is 0 Å². The summed E-state index contributed by atoms with van der Waals surface area (Å²) in [4.78, 5) is 13.8. The molecule has 0 saturated heterocycles. The maximum atomic E-state index is 12.6.